The molecule has 0 saturated heterocycles. The normalized spacial score (nSPS) is 9.43. The zero-order valence-corrected chi connectivity index (χ0v) is 4.82. The molecule has 0 saturated carbocycles. The summed E-state index contributed by atoms with van der Waals surface area (Å²) in [5.41, 5.74) is 5.16. The lowest BCUT2D eigenvalue weighted by atomic mass is 10.5. The average molecular weight is 104 g/mol. The predicted molar refractivity (Wildman–Crippen MR) is 28.4 cm³/mol. The van der Waals surface area contributed by atoms with E-state index in [-0.39, 0.29) is 0 Å². The first-order valence-electron chi connectivity index (χ1n) is 2.47. The maximum absolute atomic E-state index is 4.57. The van der Waals surface area contributed by atoms with E-state index in [1.165, 1.54) is 0 Å². The van der Waals surface area contributed by atoms with Crippen LogP contribution in [0, 0.1) is 0 Å². The zero-order valence-electron chi connectivity index (χ0n) is 4.82. The van der Waals surface area contributed by atoms with Crippen molar-refractivity contribution in [3.8, 4) is 0 Å². The second-order valence-corrected chi connectivity index (χ2v) is 1.20. The number of nitrogens with one attached hydrogen (secondary N) is 2. The number of rotatable bonds is 4. The van der Waals surface area contributed by atoms with Crippen molar-refractivity contribution in [2.45, 2.75) is 13.3 Å². The Kier molecular flexibility index (Phi) is 5.78. The van der Waals surface area contributed by atoms with Crippen LogP contribution >= 0.6 is 0 Å². The average Bonchev–Trinajstić information content (AvgIpc) is 1.69. The van der Waals surface area contributed by atoms with Crippen LogP contribution in [0.5, 0.6) is 0 Å². The third-order valence-corrected chi connectivity index (χ3v) is 0.526. The lowest BCUT2D eigenvalue weighted by molar-refractivity contribution is -0.0247. The van der Waals surface area contributed by atoms with Gasteiger partial charge in [-0.15, -0.1) is 0 Å². The van der Waals surface area contributed by atoms with E-state index in [0.717, 1.165) is 13.0 Å². The molecule has 3 nitrogen and oxygen atoms in total. The second kappa shape index (κ2) is 5.88. The molecule has 0 atom stereocenters. The Morgan fingerprint density at radius 3 is 2.71 bits per heavy atom. The summed E-state index contributed by atoms with van der Waals surface area (Å²) in [6.07, 6.45) is 1.08. The molecule has 0 aromatic rings. The van der Waals surface area contributed by atoms with Crippen molar-refractivity contribution in [3.63, 3.8) is 0 Å². The summed E-state index contributed by atoms with van der Waals surface area (Å²) in [6, 6.07) is 0. The molecular formula is C4H12N2O. The van der Waals surface area contributed by atoms with Crippen LogP contribution in [0.15, 0.2) is 0 Å². The van der Waals surface area contributed by atoms with E-state index in [4.69, 9.17) is 0 Å². The van der Waals surface area contributed by atoms with Crippen LogP contribution in [0.2, 0.25) is 0 Å². The molecule has 7 heavy (non-hydrogen) atoms. The summed E-state index contributed by atoms with van der Waals surface area (Å²) < 4.78 is 0. The van der Waals surface area contributed by atoms with Crippen LogP contribution in [-0.2, 0) is 4.94 Å². The molecule has 0 amide bonds. The van der Waals surface area contributed by atoms with E-state index in [0.29, 0.717) is 0 Å². The van der Waals surface area contributed by atoms with Gasteiger partial charge in [0.25, 0.3) is 0 Å². The highest BCUT2D eigenvalue weighted by Gasteiger charge is 1.75. The van der Waals surface area contributed by atoms with Gasteiger partial charge in [-0.1, -0.05) is 6.92 Å². The summed E-state index contributed by atoms with van der Waals surface area (Å²) in [7, 11) is 1.71. The van der Waals surface area contributed by atoms with Gasteiger partial charge < -0.3 is 0 Å². The van der Waals surface area contributed by atoms with Gasteiger partial charge in [0.1, 0.15) is 0 Å². The number of hydrogen-bond donors (Lipinski definition) is 2. The molecule has 44 valence electrons. The molecule has 0 unspecified atom stereocenters. The van der Waals surface area contributed by atoms with E-state index in [1.807, 2.05) is 0 Å². The van der Waals surface area contributed by atoms with Gasteiger partial charge in [0.15, 0.2) is 0 Å². The molecule has 0 spiro atoms. The van der Waals surface area contributed by atoms with Gasteiger partial charge in [0, 0.05) is 13.6 Å². The molecule has 0 heterocycles. The molecule has 0 aliphatic heterocycles. The van der Waals surface area contributed by atoms with Crippen LogP contribution in [0.1, 0.15) is 13.3 Å². The van der Waals surface area contributed by atoms with Gasteiger partial charge in [-0.2, -0.15) is 11.0 Å². The Labute approximate surface area is 44.0 Å². The Morgan fingerprint density at radius 1 is 1.57 bits per heavy atom. The van der Waals surface area contributed by atoms with Crippen LogP contribution in [0.4, 0.5) is 0 Å². The van der Waals surface area contributed by atoms with Gasteiger partial charge in [-0.25, -0.2) is 4.94 Å². The van der Waals surface area contributed by atoms with E-state index >= 15 is 0 Å². The second-order valence-electron chi connectivity index (χ2n) is 1.20. The first kappa shape index (κ1) is 6.88. The van der Waals surface area contributed by atoms with E-state index < -0.39 is 0 Å². The number of hydroxylamine groups is 2. The Hall–Kier alpha value is -0.120. The van der Waals surface area contributed by atoms with Crippen LogP contribution in [0.3, 0.4) is 0 Å². The third kappa shape index (κ3) is 5.88. The maximum atomic E-state index is 4.57. The minimum Gasteiger partial charge on any atom is -0.214 e. The third-order valence-electron chi connectivity index (χ3n) is 0.526. The van der Waals surface area contributed by atoms with Crippen LogP contribution < -0.4 is 11.0 Å². The lowest BCUT2D eigenvalue weighted by Gasteiger charge is -1.97. The van der Waals surface area contributed by atoms with Crippen molar-refractivity contribution in [1.29, 1.82) is 0 Å². The summed E-state index contributed by atoms with van der Waals surface area (Å²) in [5, 5.41) is 0. The molecule has 0 radical (unpaired) electrons. The van der Waals surface area contributed by atoms with E-state index in [2.05, 4.69) is 22.8 Å². The highest BCUT2D eigenvalue weighted by molar-refractivity contribution is 4.23. The molecule has 0 aliphatic rings. The molecule has 0 rings (SSSR count). The summed E-state index contributed by atoms with van der Waals surface area (Å²) in [5.74, 6) is 0. The van der Waals surface area contributed by atoms with Gasteiger partial charge in [-0.3, -0.25) is 0 Å². The van der Waals surface area contributed by atoms with Gasteiger partial charge in [0.05, 0.1) is 0 Å². The quantitative estimate of drug-likeness (QED) is 0.390. The van der Waals surface area contributed by atoms with Crippen molar-refractivity contribution in [3.05, 3.63) is 0 Å². The highest BCUT2D eigenvalue weighted by atomic mass is 16.8. The highest BCUT2D eigenvalue weighted by Crippen LogP contribution is 1.65. The topological polar surface area (TPSA) is 33.3 Å². The van der Waals surface area contributed by atoms with E-state index in [9.17, 15) is 0 Å². The predicted octanol–water partition coefficient (Wildman–Crippen LogP) is 0.0520. The monoisotopic (exact) mass is 104 g/mol. The van der Waals surface area contributed by atoms with Crippen molar-refractivity contribution >= 4 is 0 Å². The van der Waals surface area contributed by atoms with Crippen molar-refractivity contribution < 1.29 is 4.94 Å². The fourth-order valence-corrected chi connectivity index (χ4v) is 0.225. The minimum atomic E-state index is 0.890. The molecular weight excluding hydrogens is 92.1 g/mol. The van der Waals surface area contributed by atoms with Crippen LogP contribution in [-0.4, -0.2) is 13.6 Å². The largest absolute Gasteiger partial charge is 0.214 e. The first-order valence-corrected chi connectivity index (χ1v) is 2.47. The Bertz CT molecular complexity index is 28.9. The smallest absolute Gasteiger partial charge is 0.0226 e. The lowest BCUT2D eigenvalue weighted by Crippen LogP contribution is -2.22. The Balaban J connectivity index is 2.45. The standard InChI is InChI=1S/C4H12N2O/c1-3-4-6-7-5-2/h5-6H,3-4H2,1-2H3. The molecule has 0 aromatic carbocycles. The summed E-state index contributed by atoms with van der Waals surface area (Å²) in [6.45, 7) is 2.97. The number of hydrogen-bond acceptors (Lipinski definition) is 3. The SMILES string of the molecule is CCCNONC. The maximum Gasteiger partial charge on any atom is 0.0226 e. The fourth-order valence-electron chi connectivity index (χ4n) is 0.225. The van der Waals surface area contributed by atoms with Crippen molar-refractivity contribution in [2.75, 3.05) is 13.6 Å². The molecule has 0 aliphatic carbocycles. The molecule has 0 fully saturated rings. The van der Waals surface area contributed by atoms with E-state index in [1.54, 1.807) is 7.05 Å². The van der Waals surface area contributed by atoms with Gasteiger partial charge >= 0.3 is 0 Å². The van der Waals surface area contributed by atoms with Gasteiger partial charge in [0.2, 0.25) is 0 Å². The molecule has 0 bridgehead atoms. The van der Waals surface area contributed by atoms with Crippen molar-refractivity contribution in [1.82, 2.24) is 11.0 Å². The van der Waals surface area contributed by atoms with Gasteiger partial charge in [-0.05, 0) is 6.42 Å². The minimum absolute atomic E-state index is 0.890. The first-order chi connectivity index (χ1) is 3.41. The summed E-state index contributed by atoms with van der Waals surface area (Å²) >= 11 is 0. The van der Waals surface area contributed by atoms with Crippen molar-refractivity contribution in [2.24, 2.45) is 0 Å². The zero-order chi connectivity index (χ0) is 5.54. The molecule has 0 aromatic heterocycles. The molecule has 2 N–H and O–H groups in total. The van der Waals surface area contributed by atoms with Crippen LogP contribution in [0.25, 0.3) is 0 Å². The molecule has 3 heteroatoms. The summed E-state index contributed by atoms with van der Waals surface area (Å²) in [4.78, 5) is 4.57. The fraction of sp³-hybridized carbons (Fsp3) is 1.00. The Morgan fingerprint density at radius 2 is 2.29 bits per heavy atom.